The van der Waals surface area contributed by atoms with Gasteiger partial charge in [0.15, 0.2) is 0 Å². The van der Waals surface area contributed by atoms with E-state index in [0.29, 0.717) is 11.8 Å². The lowest BCUT2D eigenvalue weighted by Gasteiger charge is -2.39. The first-order valence-corrected chi connectivity index (χ1v) is 27.6. The molecule has 76 heavy (non-hydrogen) atoms. The zero-order valence-electron chi connectivity index (χ0n) is 43.3. The molecule has 0 saturated heterocycles. The summed E-state index contributed by atoms with van der Waals surface area (Å²) in [7, 11) is 0. The second-order valence-electron chi connectivity index (χ2n) is 22.6. The Balaban J connectivity index is 0.928. The van der Waals surface area contributed by atoms with Crippen molar-refractivity contribution in [2.75, 3.05) is 4.90 Å². The average Bonchev–Trinajstić information content (AvgIpc) is 4.30. The number of benzene rings is 11. The van der Waals surface area contributed by atoms with E-state index in [1.54, 1.807) is 11.1 Å². The minimum atomic E-state index is -0.163. The van der Waals surface area contributed by atoms with Crippen LogP contribution in [0.3, 0.4) is 0 Å². The van der Waals surface area contributed by atoms with Gasteiger partial charge in [0.25, 0.3) is 0 Å². The summed E-state index contributed by atoms with van der Waals surface area (Å²) in [6.07, 6.45) is 4.67. The summed E-state index contributed by atoms with van der Waals surface area (Å²) < 4.78 is 0. The predicted molar refractivity (Wildman–Crippen MR) is 317 cm³/mol. The third-order valence-electron chi connectivity index (χ3n) is 18.5. The fourth-order valence-electron chi connectivity index (χ4n) is 15.4. The molecule has 0 amide bonds. The van der Waals surface area contributed by atoms with Crippen molar-refractivity contribution in [3.63, 3.8) is 0 Å². The molecule has 15 rings (SSSR count). The van der Waals surface area contributed by atoms with E-state index >= 15 is 0 Å². The molecule has 4 atom stereocenters. The van der Waals surface area contributed by atoms with Crippen LogP contribution >= 0.6 is 0 Å². The first-order chi connectivity index (χ1) is 37.5. The topological polar surface area (TPSA) is 3.24 Å². The molecule has 0 N–H and O–H groups in total. The first-order valence-electron chi connectivity index (χ1n) is 27.6. The molecule has 0 bridgehead atoms. The van der Waals surface area contributed by atoms with Crippen LogP contribution in [0, 0.1) is 11.8 Å². The van der Waals surface area contributed by atoms with Gasteiger partial charge in [0, 0.05) is 28.1 Å². The molecule has 1 fully saturated rings. The Morgan fingerprint density at radius 1 is 0.408 bits per heavy atom. The number of hydrogen-bond acceptors (Lipinski definition) is 1. The van der Waals surface area contributed by atoms with E-state index in [4.69, 9.17) is 0 Å². The van der Waals surface area contributed by atoms with Crippen molar-refractivity contribution in [2.24, 2.45) is 11.8 Å². The van der Waals surface area contributed by atoms with Crippen LogP contribution in [0.1, 0.15) is 82.7 Å². The number of rotatable bonds is 9. The number of nitrogens with zero attached hydrogens (tertiary/aromatic N) is 1. The van der Waals surface area contributed by atoms with Crippen molar-refractivity contribution in [3.05, 3.63) is 305 Å². The highest BCUT2D eigenvalue weighted by Crippen LogP contribution is 2.68. The van der Waals surface area contributed by atoms with Gasteiger partial charge in [0.1, 0.15) is 0 Å². The summed E-state index contributed by atoms with van der Waals surface area (Å²) in [6, 6.07) is 96.6. The Labute approximate surface area is 447 Å². The molecule has 4 unspecified atom stereocenters. The summed E-state index contributed by atoms with van der Waals surface area (Å²) in [6.45, 7) is 4.88. The molecule has 0 aromatic heterocycles. The first kappa shape index (κ1) is 44.9. The molecule has 0 aliphatic heterocycles. The number of hydrogen-bond donors (Lipinski definition) is 0. The summed E-state index contributed by atoms with van der Waals surface area (Å²) >= 11 is 0. The summed E-state index contributed by atoms with van der Waals surface area (Å²) in [5, 5.41) is 2.53. The standard InChI is InChI=1S/C75H59N/c1-74(2)66-35-18-17-33-63(66)71-65(49-21-7-3-8-22-49)47-56(48-67(71)74)69(52-24-9-4-10-25-52)64-34-19-28-54-45-57-40-41-58-46-55-29-20-36-68(73(55)75(57,58)72(54)64)76(59-30-13-6-14-31-59)60-42-37-51(38-43-60)62-44-39-50-23-15-16-32-61(50)70(62)53-26-11-5-12-27-53/h3-39,42-44,47-48,57-58,69H,40-41,45-46H2,1-2H3. The van der Waals surface area contributed by atoms with Crippen LogP contribution in [0.25, 0.3) is 55.3 Å². The van der Waals surface area contributed by atoms with Gasteiger partial charge < -0.3 is 4.90 Å². The van der Waals surface area contributed by atoms with Crippen LogP contribution in [0.5, 0.6) is 0 Å². The molecule has 11 aromatic carbocycles. The highest BCUT2D eigenvalue weighted by Gasteiger charge is 2.62. The van der Waals surface area contributed by atoms with Gasteiger partial charge >= 0.3 is 0 Å². The second-order valence-corrected chi connectivity index (χ2v) is 22.6. The molecule has 4 aliphatic carbocycles. The Morgan fingerprint density at radius 3 is 1.74 bits per heavy atom. The van der Waals surface area contributed by atoms with Gasteiger partial charge in [-0.2, -0.15) is 0 Å². The Hall–Kier alpha value is -8.52. The van der Waals surface area contributed by atoms with Crippen LogP contribution < -0.4 is 4.90 Å². The number of fused-ring (bicyclic) bond motifs is 6. The highest BCUT2D eigenvalue weighted by molar-refractivity contribution is 6.04. The third-order valence-corrected chi connectivity index (χ3v) is 18.5. The van der Waals surface area contributed by atoms with Crippen molar-refractivity contribution < 1.29 is 0 Å². The van der Waals surface area contributed by atoms with Gasteiger partial charge in [-0.05, 0) is 179 Å². The predicted octanol–water partition coefficient (Wildman–Crippen LogP) is 19.2. The van der Waals surface area contributed by atoms with Crippen LogP contribution in [-0.2, 0) is 23.7 Å². The van der Waals surface area contributed by atoms with Gasteiger partial charge in [-0.25, -0.2) is 0 Å². The van der Waals surface area contributed by atoms with Gasteiger partial charge in [-0.15, -0.1) is 0 Å². The van der Waals surface area contributed by atoms with Crippen LogP contribution in [0.4, 0.5) is 17.1 Å². The lowest BCUT2D eigenvalue weighted by Crippen LogP contribution is -2.34. The monoisotopic (exact) mass is 973 g/mol. The lowest BCUT2D eigenvalue weighted by molar-refractivity contribution is 0.347. The Morgan fingerprint density at radius 2 is 1.00 bits per heavy atom. The normalized spacial score (nSPS) is 18.6. The molecular weight excluding hydrogens is 915 g/mol. The summed E-state index contributed by atoms with van der Waals surface area (Å²) in [5.41, 5.74) is 26.8. The highest BCUT2D eigenvalue weighted by atomic mass is 15.1. The maximum atomic E-state index is 2.62. The number of para-hydroxylation sites is 1. The van der Waals surface area contributed by atoms with Gasteiger partial charge in [-0.3, -0.25) is 0 Å². The van der Waals surface area contributed by atoms with E-state index in [0.717, 1.165) is 12.8 Å². The van der Waals surface area contributed by atoms with Crippen molar-refractivity contribution in [1.29, 1.82) is 0 Å². The average molecular weight is 974 g/mol. The van der Waals surface area contributed by atoms with E-state index in [1.165, 1.54) is 124 Å². The third kappa shape index (κ3) is 6.71. The van der Waals surface area contributed by atoms with Crippen LogP contribution in [0.15, 0.2) is 255 Å². The zero-order valence-corrected chi connectivity index (χ0v) is 43.3. The fraction of sp³-hybridized carbons (Fsp3) is 0.147. The van der Waals surface area contributed by atoms with Crippen molar-refractivity contribution in [3.8, 4) is 44.5 Å². The Kier molecular flexibility index (Phi) is 10.4. The van der Waals surface area contributed by atoms with E-state index in [-0.39, 0.29) is 16.7 Å². The summed E-state index contributed by atoms with van der Waals surface area (Å²) in [4.78, 5) is 2.59. The molecule has 1 spiro atoms. The van der Waals surface area contributed by atoms with Crippen LogP contribution in [-0.4, -0.2) is 0 Å². The lowest BCUT2D eigenvalue weighted by atomic mass is 9.65. The molecule has 1 heteroatoms. The molecule has 1 nitrogen and oxygen atoms in total. The molecule has 0 heterocycles. The van der Waals surface area contributed by atoms with E-state index < -0.39 is 0 Å². The maximum Gasteiger partial charge on any atom is 0.0505 e. The van der Waals surface area contributed by atoms with E-state index in [1.807, 2.05) is 0 Å². The minimum Gasteiger partial charge on any atom is -0.310 e. The van der Waals surface area contributed by atoms with E-state index in [2.05, 4.69) is 274 Å². The summed E-state index contributed by atoms with van der Waals surface area (Å²) in [5.74, 6) is 1.03. The quantitative estimate of drug-likeness (QED) is 0.130. The zero-order chi connectivity index (χ0) is 50.5. The van der Waals surface area contributed by atoms with Gasteiger partial charge in [0.2, 0.25) is 0 Å². The largest absolute Gasteiger partial charge is 0.310 e. The van der Waals surface area contributed by atoms with E-state index in [9.17, 15) is 0 Å². The smallest absolute Gasteiger partial charge is 0.0505 e. The second kappa shape index (κ2) is 17.5. The fourth-order valence-corrected chi connectivity index (χ4v) is 15.4. The molecular formula is C75H59N. The molecule has 1 saturated carbocycles. The maximum absolute atomic E-state index is 2.62. The Bertz CT molecular complexity index is 4020. The molecule has 4 aliphatic rings. The van der Waals surface area contributed by atoms with Gasteiger partial charge in [-0.1, -0.05) is 232 Å². The van der Waals surface area contributed by atoms with Crippen molar-refractivity contribution in [1.82, 2.24) is 0 Å². The molecule has 0 radical (unpaired) electrons. The van der Waals surface area contributed by atoms with Gasteiger partial charge in [0.05, 0.1) is 5.69 Å². The minimum absolute atomic E-state index is 0.0164. The number of anilines is 3. The van der Waals surface area contributed by atoms with Crippen molar-refractivity contribution in [2.45, 2.75) is 56.3 Å². The molecule has 11 aromatic rings. The SMILES string of the molecule is CC1(C)c2ccccc2-c2c(-c3ccccc3)cc(C(c3ccccc3)c3cccc4c3C35c6c(cccc6N(c6ccccc6)c6ccc(-c7ccc8ccccc8c7-c7ccccc7)cc6)CC3CCC5C4)cc21. The van der Waals surface area contributed by atoms with Crippen LogP contribution in [0.2, 0.25) is 0 Å². The molecule has 364 valence electrons. The van der Waals surface area contributed by atoms with Crippen molar-refractivity contribution >= 4 is 27.8 Å².